The first-order valence-corrected chi connectivity index (χ1v) is 10.5. The Morgan fingerprint density at radius 1 is 1.21 bits per heavy atom. The van der Waals surface area contributed by atoms with Gasteiger partial charge in [0.25, 0.3) is 0 Å². The average Bonchev–Trinajstić information content (AvgIpc) is 3.07. The van der Waals surface area contributed by atoms with E-state index in [1.54, 1.807) is 37.5 Å². The van der Waals surface area contributed by atoms with Gasteiger partial charge in [0, 0.05) is 6.07 Å². The lowest BCUT2D eigenvalue weighted by atomic mass is 10.1. The second kappa shape index (κ2) is 9.09. The molecule has 0 unspecified atom stereocenters. The number of alkyl halides is 3. The van der Waals surface area contributed by atoms with Gasteiger partial charge in [0.15, 0.2) is 10.8 Å². The van der Waals surface area contributed by atoms with Crippen LogP contribution < -0.4 is 9.64 Å². The summed E-state index contributed by atoms with van der Waals surface area (Å²) in [6.07, 6.45) is -3.92. The molecule has 0 atom stereocenters. The van der Waals surface area contributed by atoms with E-state index in [1.807, 2.05) is 13.8 Å². The third-order valence-electron chi connectivity index (χ3n) is 4.41. The van der Waals surface area contributed by atoms with Gasteiger partial charge in [-0.3, -0.25) is 4.90 Å². The number of fused-ring (bicyclic) bond motifs is 1. The van der Waals surface area contributed by atoms with Gasteiger partial charge in [-0.15, -0.1) is 13.2 Å². The average molecular weight is 485 g/mol. The van der Waals surface area contributed by atoms with Crippen molar-refractivity contribution in [3.63, 3.8) is 0 Å². The molecule has 0 aliphatic heterocycles. The smallest absolute Gasteiger partial charge is 0.443 e. The molecule has 3 rings (SSSR count). The van der Waals surface area contributed by atoms with Crippen LogP contribution in [-0.2, 0) is 11.3 Å². The maximum absolute atomic E-state index is 13.2. The van der Waals surface area contributed by atoms with Crippen molar-refractivity contribution in [2.24, 2.45) is 0 Å². The lowest BCUT2D eigenvalue weighted by molar-refractivity contribution is -0.274. The first-order valence-electron chi connectivity index (χ1n) is 10.1. The van der Waals surface area contributed by atoms with Crippen LogP contribution in [0.2, 0.25) is 5.15 Å². The van der Waals surface area contributed by atoms with Crippen LogP contribution in [0.15, 0.2) is 36.5 Å². The van der Waals surface area contributed by atoms with Crippen molar-refractivity contribution in [2.45, 2.75) is 59.0 Å². The van der Waals surface area contributed by atoms with Gasteiger partial charge in [0.05, 0.1) is 24.1 Å². The van der Waals surface area contributed by atoms with Gasteiger partial charge in [0.1, 0.15) is 11.4 Å². The highest BCUT2D eigenvalue weighted by Crippen LogP contribution is 2.30. The fourth-order valence-electron chi connectivity index (χ4n) is 3.12. The van der Waals surface area contributed by atoms with Crippen molar-refractivity contribution < 1.29 is 27.4 Å². The second-order valence-corrected chi connectivity index (χ2v) is 9.07. The lowest BCUT2D eigenvalue weighted by Gasteiger charge is -2.28. The molecule has 0 N–H and O–H groups in total. The van der Waals surface area contributed by atoms with E-state index in [4.69, 9.17) is 16.3 Å². The number of ether oxygens (including phenoxy) is 2. The molecule has 2 aromatic heterocycles. The molecule has 7 nitrogen and oxygen atoms in total. The Morgan fingerprint density at radius 2 is 1.91 bits per heavy atom. The van der Waals surface area contributed by atoms with Crippen LogP contribution in [0.5, 0.6) is 5.75 Å². The third kappa shape index (κ3) is 6.28. The van der Waals surface area contributed by atoms with Crippen molar-refractivity contribution in [1.82, 2.24) is 14.6 Å². The van der Waals surface area contributed by atoms with Crippen LogP contribution in [0.3, 0.4) is 0 Å². The van der Waals surface area contributed by atoms with Crippen LogP contribution in [-0.4, -0.2) is 32.7 Å². The Labute approximate surface area is 194 Å². The number of hydrogen-bond donors (Lipinski definition) is 0. The van der Waals surface area contributed by atoms with Gasteiger partial charge in [-0.1, -0.05) is 37.6 Å². The van der Waals surface area contributed by atoms with E-state index in [2.05, 4.69) is 14.8 Å². The Bertz CT molecular complexity index is 1160. The van der Waals surface area contributed by atoms with Gasteiger partial charge < -0.3 is 9.47 Å². The maximum atomic E-state index is 13.2. The number of rotatable bonds is 5. The Morgan fingerprint density at radius 3 is 2.52 bits per heavy atom. The molecule has 0 bridgehead atoms. The highest BCUT2D eigenvalue weighted by molar-refractivity contribution is 6.29. The van der Waals surface area contributed by atoms with Gasteiger partial charge in [-0.25, -0.2) is 14.3 Å². The van der Waals surface area contributed by atoms with Crippen molar-refractivity contribution in [2.75, 3.05) is 4.90 Å². The van der Waals surface area contributed by atoms with Gasteiger partial charge in [0.2, 0.25) is 0 Å². The molecule has 0 aliphatic carbocycles. The largest absolute Gasteiger partial charge is 0.573 e. The van der Waals surface area contributed by atoms with Crippen LogP contribution in [0.25, 0.3) is 5.65 Å². The van der Waals surface area contributed by atoms with E-state index >= 15 is 0 Å². The Hall–Kier alpha value is -3.01. The van der Waals surface area contributed by atoms with Gasteiger partial charge in [-0.2, -0.15) is 5.10 Å². The summed E-state index contributed by atoms with van der Waals surface area (Å²) in [5, 5.41) is 4.40. The normalized spacial score (nSPS) is 12.3. The number of carbonyl (C=O) groups is 1. The molecule has 0 spiro atoms. The quantitative estimate of drug-likeness (QED) is 0.422. The number of nitrogens with zero attached hydrogens (tertiary/aromatic N) is 4. The summed E-state index contributed by atoms with van der Waals surface area (Å²) in [4.78, 5) is 18.8. The number of benzene rings is 1. The summed E-state index contributed by atoms with van der Waals surface area (Å²) >= 11 is 6.26. The lowest BCUT2D eigenvalue weighted by Crippen LogP contribution is -2.37. The van der Waals surface area contributed by atoms with E-state index in [-0.39, 0.29) is 17.6 Å². The molecular weight excluding hydrogens is 461 g/mol. The van der Waals surface area contributed by atoms with Crippen molar-refractivity contribution >= 4 is 29.0 Å². The topological polar surface area (TPSA) is 69.0 Å². The third-order valence-corrected chi connectivity index (χ3v) is 4.60. The molecule has 1 aromatic carbocycles. The number of hydrogen-bond acceptors (Lipinski definition) is 5. The standard InChI is InChI=1S/C22H24ClF3N4O3/c1-13(2)17-11-27-19-16(10-18(23)28-30(17)19)29(20(31)33-21(3,4)5)12-14-7-6-8-15(9-14)32-22(24,25)26/h6-11,13H,12H2,1-5H3. The van der Waals surface area contributed by atoms with Crippen LogP contribution >= 0.6 is 11.6 Å². The highest BCUT2D eigenvalue weighted by atomic mass is 35.5. The summed E-state index contributed by atoms with van der Waals surface area (Å²) in [6.45, 7) is 8.93. The fraction of sp³-hybridized carbons (Fsp3) is 0.409. The number of imidazole rings is 1. The number of carbonyl (C=O) groups excluding carboxylic acids is 1. The van der Waals surface area contributed by atoms with Gasteiger partial charge >= 0.3 is 12.5 Å². The monoisotopic (exact) mass is 484 g/mol. The minimum Gasteiger partial charge on any atom is -0.443 e. The number of anilines is 1. The molecule has 33 heavy (non-hydrogen) atoms. The summed E-state index contributed by atoms with van der Waals surface area (Å²) in [6, 6.07) is 6.83. The molecule has 0 radical (unpaired) electrons. The Balaban J connectivity index is 2.09. The van der Waals surface area contributed by atoms with Crippen molar-refractivity contribution in [1.29, 1.82) is 0 Å². The number of aromatic nitrogens is 3. The summed E-state index contributed by atoms with van der Waals surface area (Å²) in [5.74, 6) is -0.324. The molecule has 3 aromatic rings. The first-order chi connectivity index (χ1) is 15.2. The summed E-state index contributed by atoms with van der Waals surface area (Å²) < 4.78 is 49.1. The molecule has 0 fully saturated rings. The van der Waals surface area contributed by atoms with Gasteiger partial charge in [-0.05, 0) is 44.4 Å². The molecule has 2 heterocycles. The predicted molar refractivity (Wildman–Crippen MR) is 118 cm³/mol. The van der Waals surface area contributed by atoms with Crippen LogP contribution in [0.1, 0.15) is 51.8 Å². The number of halogens is 4. The first kappa shape index (κ1) is 24.6. The number of amides is 1. The zero-order valence-electron chi connectivity index (χ0n) is 18.8. The fourth-order valence-corrected chi connectivity index (χ4v) is 3.30. The van der Waals surface area contributed by atoms with Crippen LogP contribution in [0.4, 0.5) is 23.7 Å². The summed E-state index contributed by atoms with van der Waals surface area (Å²) in [7, 11) is 0. The second-order valence-electron chi connectivity index (χ2n) is 8.69. The van der Waals surface area contributed by atoms with E-state index < -0.39 is 23.8 Å². The SMILES string of the molecule is CC(C)c1cnc2c(N(Cc3cccc(OC(F)(F)F)c3)C(=O)OC(C)(C)C)cc(Cl)nn12. The molecule has 0 saturated carbocycles. The van der Waals surface area contributed by atoms with E-state index in [0.29, 0.717) is 16.9 Å². The zero-order valence-corrected chi connectivity index (χ0v) is 19.5. The maximum Gasteiger partial charge on any atom is 0.573 e. The van der Waals surface area contributed by atoms with E-state index in [1.165, 1.54) is 29.2 Å². The van der Waals surface area contributed by atoms with E-state index in [0.717, 1.165) is 5.69 Å². The molecule has 1 amide bonds. The van der Waals surface area contributed by atoms with Crippen LogP contribution in [0, 0.1) is 0 Å². The van der Waals surface area contributed by atoms with Crippen molar-refractivity contribution in [3.8, 4) is 5.75 Å². The van der Waals surface area contributed by atoms with Crippen molar-refractivity contribution in [3.05, 3.63) is 52.9 Å². The molecular formula is C22H24ClF3N4O3. The molecule has 0 aliphatic rings. The van der Waals surface area contributed by atoms with E-state index in [9.17, 15) is 18.0 Å². The minimum atomic E-state index is -4.84. The summed E-state index contributed by atoms with van der Waals surface area (Å²) in [5.41, 5.74) is 1.00. The zero-order chi connectivity index (χ0) is 24.6. The Kier molecular flexibility index (Phi) is 6.78. The molecule has 11 heteroatoms. The molecule has 0 saturated heterocycles. The predicted octanol–water partition coefficient (Wildman–Crippen LogP) is 6.35. The highest BCUT2D eigenvalue weighted by Gasteiger charge is 2.31. The minimum absolute atomic E-state index is 0.0741. The molecule has 178 valence electrons.